The van der Waals surface area contributed by atoms with Gasteiger partial charge in [-0.15, -0.1) is 0 Å². The number of pyridine rings is 1. The van der Waals surface area contributed by atoms with Gasteiger partial charge >= 0.3 is 0 Å². The Labute approximate surface area is 136 Å². The summed E-state index contributed by atoms with van der Waals surface area (Å²) in [5, 5.41) is 13.3. The molecule has 0 aliphatic carbocycles. The van der Waals surface area contributed by atoms with Crippen molar-refractivity contribution in [2.45, 2.75) is 46.1 Å². The standard InChI is InChI=1S/C19H22N4/c1-5-13(4)21-18-10-14(12(2)3)15(11-20)19-22-16-8-6-7-9-17(16)23(18)19/h6-10,12-13,21H,5H2,1-4H3/t13-/m1/s1. The topological polar surface area (TPSA) is 53.1 Å². The van der Waals surface area contributed by atoms with Gasteiger partial charge < -0.3 is 5.32 Å². The second-order valence-electron chi connectivity index (χ2n) is 6.34. The van der Waals surface area contributed by atoms with Crippen molar-refractivity contribution in [1.29, 1.82) is 5.26 Å². The smallest absolute Gasteiger partial charge is 0.157 e. The molecule has 0 unspecified atom stereocenters. The van der Waals surface area contributed by atoms with Crippen LogP contribution in [0.15, 0.2) is 30.3 Å². The van der Waals surface area contributed by atoms with Gasteiger partial charge in [0.1, 0.15) is 11.9 Å². The number of anilines is 1. The molecule has 3 aromatic rings. The summed E-state index contributed by atoms with van der Waals surface area (Å²) in [6.45, 7) is 8.55. The molecule has 4 heteroatoms. The molecule has 0 saturated heterocycles. The SMILES string of the molecule is CC[C@@H](C)Nc1cc(C(C)C)c(C#N)c2nc3ccccc3n12. The van der Waals surface area contributed by atoms with Crippen molar-refractivity contribution < 1.29 is 0 Å². The van der Waals surface area contributed by atoms with E-state index >= 15 is 0 Å². The van der Waals surface area contributed by atoms with Gasteiger partial charge in [0.25, 0.3) is 0 Å². The lowest BCUT2D eigenvalue weighted by Gasteiger charge is -2.18. The number of aromatic nitrogens is 2. The van der Waals surface area contributed by atoms with Crippen LogP contribution < -0.4 is 5.32 Å². The average molecular weight is 306 g/mol. The Morgan fingerprint density at radius 3 is 2.65 bits per heavy atom. The number of para-hydroxylation sites is 2. The van der Waals surface area contributed by atoms with Crippen molar-refractivity contribution in [3.8, 4) is 6.07 Å². The molecule has 0 spiro atoms. The van der Waals surface area contributed by atoms with Gasteiger partial charge in [-0.05, 0) is 43.0 Å². The molecule has 23 heavy (non-hydrogen) atoms. The molecule has 3 rings (SSSR count). The zero-order valence-electron chi connectivity index (χ0n) is 14.1. The third-order valence-electron chi connectivity index (χ3n) is 4.35. The molecular weight excluding hydrogens is 284 g/mol. The minimum Gasteiger partial charge on any atom is -0.369 e. The molecule has 118 valence electrons. The van der Waals surface area contributed by atoms with Gasteiger partial charge in [-0.3, -0.25) is 4.40 Å². The summed E-state index contributed by atoms with van der Waals surface area (Å²) < 4.78 is 2.08. The predicted octanol–water partition coefficient (Wildman–Crippen LogP) is 4.69. The van der Waals surface area contributed by atoms with Crippen molar-refractivity contribution in [1.82, 2.24) is 9.38 Å². The Morgan fingerprint density at radius 2 is 2.00 bits per heavy atom. The molecule has 0 amide bonds. The molecular formula is C19H22N4. The number of hydrogen-bond donors (Lipinski definition) is 1. The van der Waals surface area contributed by atoms with E-state index in [2.05, 4.69) is 49.5 Å². The summed E-state index contributed by atoms with van der Waals surface area (Å²) in [5.74, 6) is 1.28. The van der Waals surface area contributed by atoms with Crippen molar-refractivity contribution >= 4 is 22.5 Å². The summed E-state index contributed by atoms with van der Waals surface area (Å²) in [5.41, 5.74) is 4.40. The number of nitriles is 1. The first-order valence-electron chi connectivity index (χ1n) is 8.17. The summed E-state index contributed by atoms with van der Waals surface area (Å²) in [7, 11) is 0. The van der Waals surface area contributed by atoms with Crippen LogP contribution in [0.1, 0.15) is 51.2 Å². The van der Waals surface area contributed by atoms with Crippen LogP contribution in [0.25, 0.3) is 16.7 Å². The van der Waals surface area contributed by atoms with E-state index in [9.17, 15) is 5.26 Å². The minimum atomic E-state index is 0.270. The minimum absolute atomic E-state index is 0.270. The maximum atomic E-state index is 9.69. The second-order valence-corrected chi connectivity index (χ2v) is 6.34. The fraction of sp³-hybridized carbons (Fsp3) is 0.368. The van der Waals surface area contributed by atoms with E-state index in [4.69, 9.17) is 4.98 Å². The van der Waals surface area contributed by atoms with Gasteiger partial charge in [0.15, 0.2) is 5.65 Å². The normalized spacial score (nSPS) is 12.7. The van der Waals surface area contributed by atoms with Crippen LogP contribution in [0.5, 0.6) is 0 Å². The van der Waals surface area contributed by atoms with Crippen LogP contribution in [0.3, 0.4) is 0 Å². The summed E-state index contributed by atoms with van der Waals surface area (Å²) in [6, 6.07) is 12.9. The highest BCUT2D eigenvalue weighted by Crippen LogP contribution is 2.30. The first kappa shape index (κ1) is 15.4. The number of rotatable bonds is 4. The summed E-state index contributed by atoms with van der Waals surface area (Å²) in [4.78, 5) is 4.72. The molecule has 0 radical (unpaired) electrons. The van der Waals surface area contributed by atoms with E-state index < -0.39 is 0 Å². The highest BCUT2D eigenvalue weighted by Gasteiger charge is 2.18. The van der Waals surface area contributed by atoms with E-state index in [0.717, 1.165) is 34.5 Å². The third kappa shape index (κ3) is 2.53. The van der Waals surface area contributed by atoms with Crippen LogP contribution >= 0.6 is 0 Å². The van der Waals surface area contributed by atoms with E-state index in [-0.39, 0.29) is 5.92 Å². The Kier molecular flexibility index (Phi) is 3.96. The van der Waals surface area contributed by atoms with Gasteiger partial charge in [-0.2, -0.15) is 5.26 Å². The molecule has 2 heterocycles. The van der Waals surface area contributed by atoms with E-state index in [1.54, 1.807) is 0 Å². The molecule has 0 bridgehead atoms. The molecule has 1 N–H and O–H groups in total. The van der Waals surface area contributed by atoms with E-state index in [1.807, 2.05) is 24.3 Å². The van der Waals surface area contributed by atoms with E-state index in [0.29, 0.717) is 11.6 Å². The number of benzene rings is 1. The predicted molar refractivity (Wildman–Crippen MR) is 94.9 cm³/mol. The van der Waals surface area contributed by atoms with Crippen molar-refractivity contribution in [2.24, 2.45) is 0 Å². The first-order valence-corrected chi connectivity index (χ1v) is 8.17. The Morgan fingerprint density at radius 1 is 1.26 bits per heavy atom. The van der Waals surface area contributed by atoms with Crippen LogP contribution in [-0.4, -0.2) is 15.4 Å². The molecule has 0 fully saturated rings. The first-order chi connectivity index (χ1) is 11.1. The summed E-state index contributed by atoms with van der Waals surface area (Å²) >= 11 is 0. The Balaban J connectivity index is 2.41. The van der Waals surface area contributed by atoms with Crippen LogP contribution in [0.4, 0.5) is 5.82 Å². The lowest BCUT2D eigenvalue weighted by molar-refractivity contribution is 0.755. The number of fused-ring (bicyclic) bond motifs is 3. The highest BCUT2D eigenvalue weighted by molar-refractivity contribution is 5.85. The average Bonchev–Trinajstić information content (AvgIpc) is 2.93. The van der Waals surface area contributed by atoms with Crippen LogP contribution in [-0.2, 0) is 0 Å². The fourth-order valence-electron chi connectivity index (χ4n) is 2.88. The molecule has 1 aromatic carbocycles. The maximum Gasteiger partial charge on any atom is 0.157 e. The summed E-state index contributed by atoms with van der Waals surface area (Å²) in [6.07, 6.45) is 1.03. The van der Waals surface area contributed by atoms with Gasteiger partial charge in [0, 0.05) is 6.04 Å². The number of nitrogens with zero attached hydrogens (tertiary/aromatic N) is 3. The van der Waals surface area contributed by atoms with Crippen LogP contribution in [0, 0.1) is 11.3 Å². The number of nitrogens with one attached hydrogen (secondary N) is 1. The highest BCUT2D eigenvalue weighted by atomic mass is 15.1. The van der Waals surface area contributed by atoms with Gasteiger partial charge in [0.05, 0.1) is 16.6 Å². The molecule has 0 aliphatic heterocycles. The zero-order chi connectivity index (χ0) is 16.6. The molecule has 0 aliphatic rings. The largest absolute Gasteiger partial charge is 0.369 e. The lowest BCUT2D eigenvalue weighted by atomic mass is 9.99. The van der Waals surface area contributed by atoms with Gasteiger partial charge in [0.2, 0.25) is 0 Å². The third-order valence-corrected chi connectivity index (χ3v) is 4.35. The maximum absolute atomic E-state index is 9.69. The second kappa shape index (κ2) is 5.92. The monoisotopic (exact) mass is 306 g/mol. The van der Waals surface area contributed by atoms with Gasteiger partial charge in [-0.1, -0.05) is 32.9 Å². The van der Waals surface area contributed by atoms with Crippen LogP contribution in [0.2, 0.25) is 0 Å². The Bertz CT molecular complexity index is 899. The van der Waals surface area contributed by atoms with Crippen molar-refractivity contribution in [3.05, 3.63) is 41.5 Å². The Hall–Kier alpha value is -2.54. The zero-order valence-corrected chi connectivity index (χ0v) is 14.1. The van der Waals surface area contributed by atoms with Gasteiger partial charge in [-0.25, -0.2) is 4.98 Å². The number of hydrogen-bond acceptors (Lipinski definition) is 3. The molecule has 1 atom stereocenters. The van der Waals surface area contributed by atoms with E-state index in [1.165, 1.54) is 0 Å². The molecule has 2 aromatic heterocycles. The number of imidazole rings is 1. The fourth-order valence-corrected chi connectivity index (χ4v) is 2.88. The molecule has 0 saturated carbocycles. The lowest BCUT2D eigenvalue weighted by Crippen LogP contribution is -2.17. The van der Waals surface area contributed by atoms with Crippen molar-refractivity contribution in [2.75, 3.05) is 5.32 Å². The quantitative estimate of drug-likeness (QED) is 0.760. The molecule has 4 nitrogen and oxygen atoms in total. The van der Waals surface area contributed by atoms with Crippen molar-refractivity contribution in [3.63, 3.8) is 0 Å².